The summed E-state index contributed by atoms with van der Waals surface area (Å²) < 4.78 is 44.0. The number of carbonyl (C=O) groups is 1. The van der Waals surface area contributed by atoms with Gasteiger partial charge in [0.15, 0.2) is 0 Å². The second kappa shape index (κ2) is 8.29. The molecule has 0 spiro atoms. The minimum Gasteiger partial charge on any atom is -0.496 e. The number of methoxy groups -OCH3 is 1. The van der Waals surface area contributed by atoms with Crippen molar-refractivity contribution in [2.45, 2.75) is 17.9 Å². The standard InChI is InChI=1S/C18H21FN2O4S/c1-13(16-6-4-5-7-17(16)25-3)20-18(22)12-21(2)26(23,24)15-10-8-14(19)9-11-15/h4-11,13H,12H2,1-3H3,(H,20,22). The molecule has 0 bridgehead atoms. The van der Waals surface area contributed by atoms with Gasteiger partial charge in [-0.25, -0.2) is 12.8 Å². The number of benzene rings is 2. The molecule has 0 radical (unpaired) electrons. The van der Waals surface area contributed by atoms with Gasteiger partial charge in [-0.05, 0) is 37.3 Å². The lowest BCUT2D eigenvalue weighted by molar-refractivity contribution is -0.121. The predicted molar refractivity (Wildman–Crippen MR) is 95.8 cm³/mol. The van der Waals surface area contributed by atoms with Crippen molar-refractivity contribution in [1.29, 1.82) is 0 Å². The molecule has 1 amide bonds. The van der Waals surface area contributed by atoms with Gasteiger partial charge in [-0.3, -0.25) is 4.79 Å². The Morgan fingerprint density at radius 2 is 1.81 bits per heavy atom. The van der Waals surface area contributed by atoms with Crippen LogP contribution in [-0.4, -0.2) is 39.3 Å². The quantitative estimate of drug-likeness (QED) is 0.800. The zero-order chi connectivity index (χ0) is 19.3. The van der Waals surface area contributed by atoms with Gasteiger partial charge in [0.1, 0.15) is 11.6 Å². The smallest absolute Gasteiger partial charge is 0.243 e. The highest BCUT2D eigenvalue weighted by Gasteiger charge is 2.24. The minimum atomic E-state index is -3.88. The number of para-hydroxylation sites is 1. The van der Waals surface area contributed by atoms with E-state index in [1.807, 2.05) is 18.2 Å². The van der Waals surface area contributed by atoms with Crippen molar-refractivity contribution in [2.24, 2.45) is 0 Å². The first-order valence-electron chi connectivity index (χ1n) is 7.90. The van der Waals surface area contributed by atoms with Crippen LogP contribution in [0.2, 0.25) is 0 Å². The molecule has 0 saturated carbocycles. The van der Waals surface area contributed by atoms with Crippen LogP contribution in [0.4, 0.5) is 4.39 Å². The third-order valence-electron chi connectivity index (χ3n) is 3.87. The zero-order valence-corrected chi connectivity index (χ0v) is 15.6. The fourth-order valence-corrected chi connectivity index (χ4v) is 3.59. The van der Waals surface area contributed by atoms with Gasteiger partial charge in [-0.2, -0.15) is 4.31 Å². The van der Waals surface area contributed by atoms with Gasteiger partial charge in [-0.15, -0.1) is 0 Å². The van der Waals surface area contributed by atoms with Crippen LogP contribution in [0.15, 0.2) is 53.4 Å². The van der Waals surface area contributed by atoms with Gasteiger partial charge in [0, 0.05) is 12.6 Å². The summed E-state index contributed by atoms with van der Waals surface area (Å²) in [4.78, 5) is 12.2. The van der Waals surface area contributed by atoms with Crippen molar-refractivity contribution in [1.82, 2.24) is 9.62 Å². The van der Waals surface area contributed by atoms with Crippen molar-refractivity contribution in [3.05, 3.63) is 59.9 Å². The van der Waals surface area contributed by atoms with Crippen LogP contribution >= 0.6 is 0 Å². The fraction of sp³-hybridized carbons (Fsp3) is 0.278. The summed E-state index contributed by atoms with van der Waals surface area (Å²) in [6.45, 7) is 1.42. The van der Waals surface area contributed by atoms with E-state index in [0.717, 1.165) is 34.1 Å². The van der Waals surface area contributed by atoms with E-state index in [-0.39, 0.29) is 17.5 Å². The molecule has 0 aliphatic carbocycles. The largest absolute Gasteiger partial charge is 0.496 e. The molecule has 140 valence electrons. The number of nitrogens with zero attached hydrogens (tertiary/aromatic N) is 1. The first-order chi connectivity index (χ1) is 12.3. The maximum atomic E-state index is 13.0. The Kier molecular flexibility index (Phi) is 6.33. The summed E-state index contributed by atoms with van der Waals surface area (Å²) in [5.41, 5.74) is 0.785. The summed E-state index contributed by atoms with van der Waals surface area (Å²) in [5, 5.41) is 2.75. The molecule has 6 nitrogen and oxygen atoms in total. The number of hydrogen-bond donors (Lipinski definition) is 1. The number of rotatable bonds is 7. The first-order valence-corrected chi connectivity index (χ1v) is 9.34. The normalized spacial score (nSPS) is 12.7. The summed E-state index contributed by atoms with van der Waals surface area (Å²) in [6, 6.07) is 11.3. The molecule has 0 saturated heterocycles. The molecule has 26 heavy (non-hydrogen) atoms. The van der Waals surface area contributed by atoms with Crippen LogP contribution in [0.1, 0.15) is 18.5 Å². The molecule has 1 N–H and O–H groups in total. The molecular weight excluding hydrogens is 359 g/mol. The van der Waals surface area contributed by atoms with Crippen molar-refractivity contribution in [3.8, 4) is 5.75 Å². The maximum absolute atomic E-state index is 13.0. The number of hydrogen-bond acceptors (Lipinski definition) is 4. The number of halogens is 1. The Hall–Kier alpha value is -2.45. The topological polar surface area (TPSA) is 75.7 Å². The highest BCUT2D eigenvalue weighted by atomic mass is 32.2. The van der Waals surface area contributed by atoms with Crippen molar-refractivity contribution in [3.63, 3.8) is 0 Å². The number of sulfonamides is 1. The lowest BCUT2D eigenvalue weighted by atomic mass is 10.1. The highest BCUT2D eigenvalue weighted by molar-refractivity contribution is 7.89. The lowest BCUT2D eigenvalue weighted by Crippen LogP contribution is -2.39. The molecule has 0 heterocycles. The van der Waals surface area contributed by atoms with E-state index in [1.54, 1.807) is 13.0 Å². The Bertz CT molecular complexity index is 869. The SMILES string of the molecule is COc1ccccc1C(C)NC(=O)CN(C)S(=O)(=O)c1ccc(F)cc1. The third-order valence-corrected chi connectivity index (χ3v) is 5.69. The monoisotopic (exact) mass is 380 g/mol. The number of amides is 1. The van der Waals surface area contributed by atoms with Gasteiger partial charge in [-0.1, -0.05) is 18.2 Å². The van der Waals surface area contributed by atoms with Gasteiger partial charge < -0.3 is 10.1 Å². The van der Waals surface area contributed by atoms with Gasteiger partial charge >= 0.3 is 0 Å². The average molecular weight is 380 g/mol. The average Bonchev–Trinajstić information content (AvgIpc) is 2.61. The Balaban J connectivity index is 2.05. The fourth-order valence-electron chi connectivity index (χ4n) is 2.46. The third kappa shape index (κ3) is 4.59. The summed E-state index contributed by atoms with van der Waals surface area (Å²) in [6.07, 6.45) is 0. The van der Waals surface area contributed by atoms with Crippen molar-refractivity contribution < 1.29 is 22.3 Å². The molecule has 2 aromatic carbocycles. The zero-order valence-electron chi connectivity index (χ0n) is 14.8. The summed E-state index contributed by atoms with van der Waals surface area (Å²) >= 11 is 0. The van der Waals surface area contributed by atoms with Crippen LogP contribution in [0.3, 0.4) is 0 Å². The highest BCUT2D eigenvalue weighted by Crippen LogP contribution is 2.24. The van der Waals surface area contributed by atoms with Gasteiger partial charge in [0.2, 0.25) is 15.9 Å². The van der Waals surface area contributed by atoms with E-state index in [4.69, 9.17) is 4.74 Å². The van der Waals surface area contributed by atoms with E-state index < -0.39 is 21.7 Å². The molecular formula is C18H21FN2O4S. The molecule has 0 aliphatic heterocycles. The van der Waals surface area contributed by atoms with E-state index >= 15 is 0 Å². The van der Waals surface area contributed by atoms with Crippen LogP contribution in [0, 0.1) is 5.82 Å². The molecule has 8 heteroatoms. The number of carbonyl (C=O) groups excluding carboxylic acids is 1. The molecule has 0 fully saturated rings. The van der Waals surface area contributed by atoms with Crippen LogP contribution < -0.4 is 10.1 Å². The lowest BCUT2D eigenvalue weighted by Gasteiger charge is -2.20. The van der Waals surface area contributed by atoms with E-state index in [2.05, 4.69) is 5.32 Å². The van der Waals surface area contributed by atoms with Crippen LogP contribution in [-0.2, 0) is 14.8 Å². The van der Waals surface area contributed by atoms with Gasteiger partial charge in [0.05, 0.1) is 24.6 Å². The molecule has 0 aromatic heterocycles. The second-order valence-electron chi connectivity index (χ2n) is 5.75. The summed E-state index contributed by atoms with van der Waals surface area (Å²) in [5.74, 6) is -0.362. The molecule has 1 unspecified atom stereocenters. The Morgan fingerprint density at radius 3 is 2.42 bits per heavy atom. The van der Waals surface area contributed by atoms with E-state index in [1.165, 1.54) is 14.2 Å². The Morgan fingerprint density at radius 1 is 1.19 bits per heavy atom. The second-order valence-corrected chi connectivity index (χ2v) is 7.79. The van der Waals surface area contributed by atoms with Crippen molar-refractivity contribution >= 4 is 15.9 Å². The number of nitrogens with one attached hydrogen (secondary N) is 1. The van der Waals surface area contributed by atoms with Crippen LogP contribution in [0.25, 0.3) is 0 Å². The predicted octanol–water partition coefficient (Wildman–Crippen LogP) is 2.33. The Labute approximate surface area is 152 Å². The van der Waals surface area contributed by atoms with E-state index in [9.17, 15) is 17.6 Å². The first kappa shape index (κ1) is 19.9. The maximum Gasteiger partial charge on any atom is 0.243 e. The molecule has 1 atom stereocenters. The minimum absolute atomic E-state index is 0.0769. The van der Waals surface area contributed by atoms with E-state index in [0.29, 0.717) is 5.75 Å². The van der Waals surface area contributed by atoms with Crippen molar-refractivity contribution in [2.75, 3.05) is 20.7 Å². The molecule has 2 aromatic rings. The number of ether oxygens (including phenoxy) is 1. The molecule has 2 rings (SSSR count). The molecule has 0 aliphatic rings. The van der Waals surface area contributed by atoms with Crippen LogP contribution in [0.5, 0.6) is 5.75 Å². The van der Waals surface area contributed by atoms with Gasteiger partial charge in [0.25, 0.3) is 0 Å². The summed E-state index contributed by atoms with van der Waals surface area (Å²) in [7, 11) is -1.05. The number of likely N-dealkylation sites (N-methyl/N-ethyl adjacent to an activating group) is 1.